The van der Waals surface area contributed by atoms with Gasteiger partial charge in [0, 0.05) is 23.0 Å². The first-order chi connectivity index (χ1) is 8.87. The summed E-state index contributed by atoms with van der Waals surface area (Å²) in [5, 5.41) is 3.00. The third-order valence-corrected chi connectivity index (χ3v) is 4.94. The minimum absolute atomic E-state index is 0.0929. The fourth-order valence-electron chi connectivity index (χ4n) is 2.15. The summed E-state index contributed by atoms with van der Waals surface area (Å²) in [5.74, 6) is 0.202. The molecule has 7 heteroatoms. The van der Waals surface area contributed by atoms with Crippen LogP contribution in [0.2, 0.25) is 0 Å². The lowest BCUT2D eigenvalue weighted by atomic mass is 10.1. The molecule has 0 saturated carbocycles. The summed E-state index contributed by atoms with van der Waals surface area (Å²) in [6, 6.07) is 4.21. The smallest absolute Gasteiger partial charge is 0.265 e. The topological polar surface area (TPSA) is 72.2 Å². The summed E-state index contributed by atoms with van der Waals surface area (Å²) in [5.41, 5.74) is 5.96. The van der Waals surface area contributed by atoms with E-state index in [2.05, 4.69) is 5.32 Å². The molecular formula is C12H16F2N2O2S. The molecule has 0 atom stereocenters. The summed E-state index contributed by atoms with van der Waals surface area (Å²) in [7, 11) is -2.95. The van der Waals surface area contributed by atoms with Gasteiger partial charge in [0.15, 0.2) is 0 Å². The molecular weight excluding hydrogens is 274 g/mol. The summed E-state index contributed by atoms with van der Waals surface area (Å²) in [6.45, 7) is 0. The molecule has 1 aliphatic heterocycles. The van der Waals surface area contributed by atoms with Crippen LogP contribution in [0.25, 0.3) is 0 Å². The van der Waals surface area contributed by atoms with E-state index in [4.69, 9.17) is 5.73 Å². The van der Waals surface area contributed by atoms with Gasteiger partial charge in [-0.2, -0.15) is 0 Å². The Morgan fingerprint density at radius 1 is 1.26 bits per heavy atom. The van der Waals surface area contributed by atoms with E-state index in [1.807, 2.05) is 0 Å². The zero-order chi connectivity index (χ0) is 14.0. The fourth-order valence-corrected chi connectivity index (χ4v) is 3.64. The number of nitrogens with one attached hydrogen (secondary N) is 1. The number of nitrogens with two attached hydrogens (primary N) is 1. The second-order valence-corrected chi connectivity index (χ2v) is 7.02. The zero-order valence-electron chi connectivity index (χ0n) is 10.3. The van der Waals surface area contributed by atoms with Gasteiger partial charge in [-0.15, -0.1) is 0 Å². The summed E-state index contributed by atoms with van der Waals surface area (Å²) in [4.78, 5) is 0. The maximum absolute atomic E-state index is 12.9. The van der Waals surface area contributed by atoms with E-state index in [0.29, 0.717) is 18.5 Å². The quantitative estimate of drug-likeness (QED) is 0.837. The van der Waals surface area contributed by atoms with Gasteiger partial charge in [0.1, 0.15) is 9.84 Å². The van der Waals surface area contributed by atoms with E-state index < -0.39 is 16.3 Å². The van der Waals surface area contributed by atoms with Crippen LogP contribution in [0, 0.1) is 0 Å². The van der Waals surface area contributed by atoms with Crippen molar-refractivity contribution in [1.29, 1.82) is 0 Å². The minimum atomic E-state index is -2.95. The van der Waals surface area contributed by atoms with E-state index >= 15 is 0 Å². The first kappa shape index (κ1) is 14.0. The monoisotopic (exact) mass is 290 g/mol. The largest absolute Gasteiger partial charge is 0.399 e. The van der Waals surface area contributed by atoms with Crippen LogP contribution in [0.15, 0.2) is 18.2 Å². The van der Waals surface area contributed by atoms with Crippen molar-refractivity contribution in [2.45, 2.75) is 25.3 Å². The fraction of sp³-hybridized carbons (Fsp3) is 0.500. The first-order valence-electron chi connectivity index (χ1n) is 6.02. The highest BCUT2D eigenvalue weighted by molar-refractivity contribution is 7.91. The van der Waals surface area contributed by atoms with Crippen molar-refractivity contribution in [2.24, 2.45) is 0 Å². The predicted molar refractivity (Wildman–Crippen MR) is 71.1 cm³/mol. The number of sulfone groups is 1. The Morgan fingerprint density at radius 2 is 1.89 bits per heavy atom. The van der Waals surface area contributed by atoms with Gasteiger partial charge in [0.25, 0.3) is 6.43 Å². The van der Waals surface area contributed by atoms with Crippen LogP contribution in [0.1, 0.15) is 24.8 Å². The van der Waals surface area contributed by atoms with Crippen molar-refractivity contribution in [1.82, 2.24) is 0 Å². The molecule has 106 valence electrons. The Morgan fingerprint density at radius 3 is 2.47 bits per heavy atom. The third-order valence-electron chi connectivity index (χ3n) is 3.22. The van der Waals surface area contributed by atoms with Gasteiger partial charge in [-0.05, 0) is 31.0 Å². The second kappa shape index (κ2) is 5.32. The Balaban J connectivity index is 2.11. The maximum Gasteiger partial charge on any atom is 0.265 e. The van der Waals surface area contributed by atoms with E-state index in [1.54, 1.807) is 6.07 Å². The second-order valence-electron chi connectivity index (χ2n) is 4.72. The number of hydrogen-bond donors (Lipinski definition) is 2. The molecule has 0 spiro atoms. The Bertz CT molecular complexity index is 547. The van der Waals surface area contributed by atoms with Crippen LogP contribution in [0.4, 0.5) is 20.2 Å². The predicted octanol–water partition coefficient (Wildman–Crippen LogP) is 2.20. The highest BCUT2D eigenvalue weighted by Crippen LogP contribution is 2.30. The zero-order valence-corrected chi connectivity index (χ0v) is 11.1. The molecule has 1 aromatic rings. The van der Waals surface area contributed by atoms with Crippen LogP contribution in [-0.2, 0) is 9.84 Å². The molecule has 4 nitrogen and oxygen atoms in total. The number of hydrogen-bond acceptors (Lipinski definition) is 4. The average molecular weight is 290 g/mol. The minimum Gasteiger partial charge on any atom is -0.399 e. The highest BCUT2D eigenvalue weighted by atomic mass is 32.2. The number of anilines is 2. The summed E-state index contributed by atoms with van der Waals surface area (Å²) >= 11 is 0. The number of benzene rings is 1. The third kappa shape index (κ3) is 3.56. The molecule has 0 amide bonds. The van der Waals surface area contributed by atoms with Crippen LogP contribution in [-0.4, -0.2) is 26.0 Å². The molecule has 2 rings (SSSR count). The SMILES string of the molecule is Nc1ccc(NC2CCS(=O)(=O)CC2)c(C(F)F)c1. The number of halogens is 2. The molecule has 19 heavy (non-hydrogen) atoms. The molecule has 0 aromatic heterocycles. The molecule has 1 saturated heterocycles. The van der Waals surface area contributed by atoms with Gasteiger partial charge in [-0.3, -0.25) is 0 Å². The van der Waals surface area contributed by atoms with Crippen molar-refractivity contribution >= 4 is 21.2 Å². The number of alkyl halides is 2. The molecule has 1 fully saturated rings. The Kier molecular flexibility index (Phi) is 3.93. The van der Waals surface area contributed by atoms with Crippen molar-refractivity contribution in [3.05, 3.63) is 23.8 Å². The summed E-state index contributed by atoms with van der Waals surface area (Å²) < 4.78 is 48.4. The van der Waals surface area contributed by atoms with E-state index in [0.717, 1.165) is 0 Å². The molecule has 0 radical (unpaired) electrons. The molecule has 3 N–H and O–H groups in total. The van der Waals surface area contributed by atoms with Gasteiger partial charge >= 0.3 is 0 Å². The Labute approximate surface area is 110 Å². The van der Waals surface area contributed by atoms with Crippen LogP contribution in [0.5, 0.6) is 0 Å². The van der Waals surface area contributed by atoms with Gasteiger partial charge in [0.05, 0.1) is 11.5 Å². The molecule has 0 aliphatic carbocycles. The van der Waals surface area contributed by atoms with Gasteiger partial charge in [0.2, 0.25) is 0 Å². The van der Waals surface area contributed by atoms with Crippen molar-refractivity contribution in [3.8, 4) is 0 Å². The van der Waals surface area contributed by atoms with Crippen molar-refractivity contribution in [2.75, 3.05) is 22.6 Å². The molecule has 0 bridgehead atoms. The first-order valence-corrected chi connectivity index (χ1v) is 7.84. The van der Waals surface area contributed by atoms with E-state index in [-0.39, 0.29) is 28.8 Å². The number of nitrogen functional groups attached to an aromatic ring is 1. The molecule has 0 unspecified atom stereocenters. The standard InChI is InChI=1S/C12H16F2N2O2S/c13-12(14)10-7-8(15)1-2-11(10)16-9-3-5-19(17,18)6-4-9/h1-2,7,9,12,16H,3-6,15H2. The normalized spacial score (nSPS) is 19.5. The van der Waals surface area contributed by atoms with Crippen LogP contribution in [0.3, 0.4) is 0 Å². The molecule has 1 heterocycles. The summed E-state index contributed by atoms with van der Waals surface area (Å²) in [6.07, 6.45) is -1.73. The van der Waals surface area contributed by atoms with Crippen LogP contribution < -0.4 is 11.1 Å². The lowest BCUT2D eigenvalue weighted by Crippen LogP contribution is -2.32. The van der Waals surface area contributed by atoms with Crippen molar-refractivity contribution < 1.29 is 17.2 Å². The molecule has 1 aromatic carbocycles. The average Bonchev–Trinajstić information content (AvgIpc) is 2.33. The van der Waals surface area contributed by atoms with Crippen LogP contribution >= 0.6 is 0 Å². The van der Waals surface area contributed by atoms with E-state index in [1.165, 1.54) is 12.1 Å². The lowest BCUT2D eigenvalue weighted by Gasteiger charge is -2.25. The number of rotatable bonds is 3. The van der Waals surface area contributed by atoms with Gasteiger partial charge in [-0.25, -0.2) is 17.2 Å². The highest BCUT2D eigenvalue weighted by Gasteiger charge is 2.24. The van der Waals surface area contributed by atoms with Gasteiger partial charge < -0.3 is 11.1 Å². The molecule has 1 aliphatic rings. The van der Waals surface area contributed by atoms with Crippen molar-refractivity contribution in [3.63, 3.8) is 0 Å². The lowest BCUT2D eigenvalue weighted by molar-refractivity contribution is 0.152. The van der Waals surface area contributed by atoms with Gasteiger partial charge in [-0.1, -0.05) is 0 Å². The Hall–Kier alpha value is -1.37. The van der Waals surface area contributed by atoms with E-state index in [9.17, 15) is 17.2 Å². The maximum atomic E-state index is 12.9.